The van der Waals surface area contributed by atoms with Crippen molar-refractivity contribution in [2.45, 2.75) is 18.2 Å². The number of aryl methyl sites for hydroxylation is 1. The molecular formula is C13H16N3O2S+. The fraction of sp³-hybridized carbons (Fsp3) is 0.154. The molecule has 0 unspecified atom stereocenters. The molecule has 0 spiro atoms. The Hall–Kier alpha value is -2.08. The van der Waals surface area contributed by atoms with Gasteiger partial charge in [-0.3, -0.25) is 0 Å². The van der Waals surface area contributed by atoms with Crippen LogP contribution in [0.15, 0.2) is 53.6 Å². The van der Waals surface area contributed by atoms with Crippen LogP contribution in [0.3, 0.4) is 0 Å². The van der Waals surface area contributed by atoms with Crippen LogP contribution in [-0.2, 0) is 16.4 Å². The summed E-state index contributed by atoms with van der Waals surface area (Å²) in [5, 5.41) is 0. The van der Waals surface area contributed by atoms with E-state index in [1.807, 2.05) is 19.1 Å². The third-order valence-electron chi connectivity index (χ3n) is 2.72. The zero-order valence-corrected chi connectivity index (χ0v) is 11.4. The normalized spacial score (nSPS) is 11.2. The van der Waals surface area contributed by atoms with Crippen LogP contribution >= 0.6 is 0 Å². The molecule has 0 aliphatic heterocycles. The van der Waals surface area contributed by atoms with Crippen LogP contribution in [0.4, 0.5) is 5.69 Å². The lowest BCUT2D eigenvalue weighted by molar-refractivity contribution is -0.644. The molecule has 1 heterocycles. The monoisotopic (exact) mass is 278 g/mol. The van der Waals surface area contributed by atoms with E-state index in [4.69, 9.17) is 5.73 Å². The van der Waals surface area contributed by atoms with Gasteiger partial charge in [-0.15, -0.1) is 0 Å². The smallest absolute Gasteiger partial charge is 0.306 e. The summed E-state index contributed by atoms with van der Waals surface area (Å²) in [5.41, 5.74) is 6.95. The average Bonchev–Trinajstić information content (AvgIpc) is 2.39. The predicted molar refractivity (Wildman–Crippen MR) is 73.4 cm³/mol. The second-order valence-corrected chi connectivity index (χ2v) is 5.74. The van der Waals surface area contributed by atoms with E-state index in [-0.39, 0.29) is 4.90 Å². The number of rotatable bonds is 4. The summed E-state index contributed by atoms with van der Waals surface area (Å²) >= 11 is 0. The summed E-state index contributed by atoms with van der Waals surface area (Å²) in [6.45, 7) is 1.96. The number of nitrogens with two attached hydrogens (primary N) is 1. The van der Waals surface area contributed by atoms with Gasteiger partial charge in [-0.2, -0.15) is 8.42 Å². The molecule has 0 aliphatic carbocycles. The van der Waals surface area contributed by atoms with Crippen molar-refractivity contribution >= 4 is 15.7 Å². The number of benzene rings is 1. The third-order valence-corrected chi connectivity index (χ3v) is 4.05. The van der Waals surface area contributed by atoms with Gasteiger partial charge in [-0.1, -0.05) is 16.4 Å². The molecule has 0 atom stereocenters. The van der Waals surface area contributed by atoms with Crippen molar-refractivity contribution in [3.05, 3.63) is 54.4 Å². The van der Waals surface area contributed by atoms with Gasteiger partial charge in [-0.25, -0.2) is 0 Å². The maximum absolute atomic E-state index is 12.2. The molecular weight excluding hydrogens is 262 g/mol. The maximum atomic E-state index is 12.2. The molecule has 100 valence electrons. The van der Waals surface area contributed by atoms with Gasteiger partial charge in [-0.05, 0) is 30.3 Å². The summed E-state index contributed by atoms with van der Waals surface area (Å²) in [6, 6.07) is 11.6. The number of hydrogen-bond donors (Lipinski definition) is 2. The Balaban J connectivity index is 2.34. The Morgan fingerprint density at radius 2 is 1.84 bits per heavy atom. The van der Waals surface area contributed by atoms with Crippen molar-refractivity contribution in [1.29, 1.82) is 0 Å². The lowest BCUT2D eigenvalue weighted by Gasteiger charge is -2.05. The minimum Gasteiger partial charge on any atom is -0.399 e. The molecule has 19 heavy (non-hydrogen) atoms. The lowest BCUT2D eigenvalue weighted by atomic mass is 10.3. The SMILES string of the molecule is CCc1cccc[n+]1NS(=O)(=O)c1ccc(N)cc1. The summed E-state index contributed by atoms with van der Waals surface area (Å²) < 4.78 is 25.9. The highest BCUT2D eigenvalue weighted by Crippen LogP contribution is 2.11. The van der Waals surface area contributed by atoms with Crippen molar-refractivity contribution in [2.75, 3.05) is 10.6 Å². The van der Waals surface area contributed by atoms with E-state index in [1.165, 1.54) is 16.8 Å². The predicted octanol–water partition coefficient (Wildman–Crippen LogP) is 1.05. The zero-order chi connectivity index (χ0) is 13.9. The van der Waals surface area contributed by atoms with E-state index < -0.39 is 10.0 Å². The van der Waals surface area contributed by atoms with Crippen LogP contribution in [0.25, 0.3) is 0 Å². The quantitative estimate of drug-likeness (QED) is 0.648. The van der Waals surface area contributed by atoms with Gasteiger partial charge in [0.15, 0.2) is 0 Å². The first-order chi connectivity index (χ1) is 9.03. The van der Waals surface area contributed by atoms with Crippen molar-refractivity contribution in [1.82, 2.24) is 0 Å². The van der Waals surface area contributed by atoms with Gasteiger partial charge >= 0.3 is 10.0 Å². The first-order valence-corrected chi connectivity index (χ1v) is 7.39. The van der Waals surface area contributed by atoms with Crippen molar-refractivity contribution in [3.8, 4) is 0 Å². The number of nitrogen functional groups attached to an aromatic ring is 1. The van der Waals surface area contributed by atoms with Crippen molar-refractivity contribution in [2.24, 2.45) is 0 Å². The minimum absolute atomic E-state index is 0.181. The highest BCUT2D eigenvalue weighted by atomic mass is 32.2. The number of pyridine rings is 1. The topological polar surface area (TPSA) is 76.1 Å². The first-order valence-electron chi connectivity index (χ1n) is 5.91. The zero-order valence-electron chi connectivity index (χ0n) is 10.6. The van der Waals surface area contributed by atoms with Crippen molar-refractivity contribution < 1.29 is 13.1 Å². The molecule has 0 amide bonds. The summed E-state index contributed by atoms with van der Waals surface area (Å²) in [5.74, 6) is 0. The largest absolute Gasteiger partial charge is 0.399 e. The molecule has 5 nitrogen and oxygen atoms in total. The van der Waals surface area contributed by atoms with Gasteiger partial charge in [0.25, 0.3) is 0 Å². The van der Waals surface area contributed by atoms with Crippen molar-refractivity contribution in [3.63, 3.8) is 0 Å². The fourth-order valence-electron chi connectivity index (χ4n) is 1.68. The summed E-state index contributed by atoms with van der Waals surface area (Å²) in [6.07, 6.45) is 2.40. The molecule has 2 aromatic rings. The first kappa shape index (κ1) is 13.4. The molecule has 0 saturated carbocycles. The Labute approximate surface area is 112 Å². The highest BCUT2D eigenvalue weighted by Gasteiger charge is 2.20. The Morgan fingerprint density at radius 3 is 2.47 bits per heavy atom. The van der Waals surface area contributed by atoms with Crippen LogP contribution in [-0.4, -0.2) is 8.42 Å². The number of anilines is 1. The molecule has 1 aromatic carbocycles. The highest BCUT2D eigenvalue weighted by molar-refractivity contribution is 7.92. The summed E-state index contributed by atoms with van der Waals surface area (Å²) in [4.78, 5) is 2.70. The average molecular weight is 278 g/mol. The van der Waals surface area contributed by atoms with Gasteiger partial charge in [0.2, 0.25) is 11.9 Å². The van der Waals surface area contributed by atoms with Gasteiger partial charge in [0.05, 0.1) is 4.90 Å². The Kier molecular flexibility index (Phi) is 3.71. The number of hydrogen-bond acceptors (Lipinski definition) is 3. The molecule has 0 radical (unpaired) electrons. The summed E-state index contributed by atoms with van der Waals surface area (Å²) in [7, 11) is -3.61. The molecule has 0 fully saturated rings. The molecule has 0 aliphatic rings. The van der Waals surface area contributed by atoms with E-state index in [1.54, 1.807) is 24.4 Å². The van der Waals surface area contributed by atoms with Crippen LogP contribution in [0.2, 0.25) is 0 Å². The minimum atomic E-state index is -3.61. The number of aromatic nitrogens is 1. The maximum Gasteiger partial charge on any atom is 0.306 e. The second kappa shape index (κ2) is 5.27. The van der Waals surface area contributed by atoms with Gasteiger partial charge in [0, 0.05) is 24.2 Å². The Morgan fingerprint density at radius 1 is 1.16 bits per heavy atom. The van der Waals surface area contributed by atoms with Crippen LogP contribution in [0, 0.1) is 0 Å². The van der Waals surface area contributed by atoms with E-state index in [0.717, 1.165) is 12.1 Å². The van der Waals surface area contributed by atoms with Crippen LogP contribution < -0.4 is 15.2 Å². The third kappa shape index (κ3) is 3.03. The molecule has 3 N–H and O–H groups in total. The molecule has 0 bridgehead atoms. The molecule has 1 aromatic heterocycles. The number of nitrogens with one attached hydrogen (secondary N) is 1. The van der Waals surface area contributed by atoms with E-state index in [2.05, 4.69) is 4.83 Å². The molecule has 2 rings (SSSR count). The van der Waals surface area contributed by atoms with Crippen LogP contribution in [0.5, 0.6) is 0 Å². The molecule has 0 saturated heterocycles. The van der Waals surface area contributed by atoms with E-state index in [9.17, 15) is 8.42 Å². The van der Waals surface area contributed by atoms with Gasteiger partial charge < -0.3 is 5.73 Å². The molecule has 6 heteroatoms. The second-order valence-electron chi connectivity index (χ2n) is 4.08. The fourth-order valence-corrected chi connectivity index (χ4v) is 2.72. The van der Waals surface area contributed by atoms with Gasteiger partial charge in [0.1, 0.15) is 0 Å². The number of nitrogens with zero attached hydrogens (tertiary/aromatic N) is 1. The number of sulfonamides is 1. The van der Waals surface area contributed by atoms with E-state index in [0.29, 0.717) is 5.69 Å². The van der Waals surface area contributed by atoms with E-state index >= 15 is 0 Å². The lowest BCUT2D eigenvalue weighted by Crippen LogP contribution is -2.50. The Bertz CT molecular complexity index is 667. The van der Waals surface area contributed by atoms with Crippen LogP contribution in [0.1, 0.15) is 12.6 Å². The standard InChI is InChI=1S/C13H16N3O2S/c1-2-12-5-3-4-10-16(12)15-19(17,18)13-8-6-11(14)7-9-13/h3-10,15H,2,14H2,1H3/q+1.